The second-order valence-electron chi connectivity index (χ2n) is 5.32. The maximum Gasteiger partial charge on any atom is 0.306 e. The Balaban J connectivity index is 1.88. The van der Waals surface area contributed by atoms with Crippen molar-refractivity contribution in [1.29, 1.82) is 0 Å². The molecule has 1 aliphatic heterocycles. The van der Waals surface area contributed by atoms with Crippen LogP contribution in [0.15, 0.2) is 24.3 Å². The first-order chi connectivity index (χ1) is 9.97. The van der Waals surface area contributed by atoms with Crippen LogP contribution in [-0.2, 0) is 9.59 Å². The van der Waals surface area contributed by atoms with E-state index in [9.17, 15) is 9.59 Å². The molecule has 1 heterocycles. The number of carboxylic acid groups (broad SMARTS) is 1. The number of hydrogen-bond donors (Lipinski definition) is 2. The van der Waals surface area contributed by atoms with Gasteiger partial charge in [0.2, 0.25) is 5.91 Å². The zero-order valence-electron chi connectivity index (χ0n) is 11.9. The number of anilines is 1. The van der Waals surface area contributed by atoms with Crippen LogP contribution in [0.4, 0.5) is 5.69 Å². The molecule has 0 spiro atoms. The van der Waals surface area contributed by atoms with Crippen LogP contribution in [0.5, 0.6) is 0 Å². The van der Waals surface area contributed by atoms with Crippen molar-refractivity contribution in [2.45, 2.75) is 25.8 Å². The highest BCUT2D eigenvalue weighted by molar-refractivity contribution is 6.30. The van der Waals surface area contributed by atoms with Crippen LogP contribution in [0.2, 0.25) is 5.02 Å². The molecule has 1 fully saturated rings. The van der Waals surface area contributed by atoms with E-state index < -0.39 is 5.97 Å². The van der Waals surface area contributed by atoms with E-state index in [1.54, 1.807) is 24.3 Å². The van der Waals surface area contributed by atoms with Crippen molar-refractivity contribution in [3.63, 3.8) is 0 Å². The minimum absolute atomic E-state index is 0.0916. The minimum Gasteiger partial charge on any atom is -0.481 e. The largest absolute Gasteiger partial charge is 0.481 e. The summed E-state index contributed by atoms with van der Waals surface area (Å²) in [7, 11) is 0. The molecule has 2 rings (SSSR count). The summed E-state index contributed by atoms with van der Waals surface area (Å²) in [5, 5.41) is 12.4. The van der Waals surface area contributed by atoms with Crippen molar-refractivity contribution in [3.8, 4) is 0 Å². The topological polar surface area (TPSA) is 69.6 Å². The first-order valence-corrected chi connectivity index (χ1v) is 7.38. The maximum absolute atomic E-state index is 12.2. The van der Waals surface area contributed by atoms with Crippen molar-refractivity contribution < 1.29 is 14.7 Å². The molecule has 0 aromatic heterocycles. The Labute approximate surface area is 128 Å². The number of piperidine rings is 1. The van der Waals surface area contributed by atoms with Crippen LogP contribution >= 0.6 is 11.6 Å². The number of amides is 1. The number of rotatable bonds is 4. The van der Waals surface area contributed by atoms with Gasteiger partial charge in [-0.2, -0.15) is 0 Å². The van der Waals surface area contributed by atoms with Crippen LogP contribution in [-0.4, -0.2) is 41.0 Å². The molecule has 6 heteroatoms. The van der Waals surface area contributed by atoms with E-state index in [1.807, 2.05) is 11.8 Å². The predicted molar refractivity (Wildman–Crippen MR) is 81.5 cm³/mol. The van der Waals surface area contributed by atoms with Crippen molar-refractivity contribution in [3.05, 3.63) is 29.3 Å². The smallest absolute Gasteiger partial charge is 0.306 e. The van der Waals surface area contributed by atoms with Gasteiger partial charge in [-0.1, -0.05) is 11.6 Å². The Bertz CT molecular complexity index is 510. The van der Waals surface area contributed by atoms with Crippen molar-refractivity contribution in [1.82, 2.24) is 4.90 Å². The molecule has 1 aromatic rings. The number of hydrogen-bond acceptors (Lipinski definition) is 3. The number of likely N-dealkylation sites (tertiary alicyclic amines) is 1. The fraction of sp³-hybridized carbons (Fsp3) is 0.467. The highest BCUT2D eigenvalue weighted by Crippen LogP contribution is 2.20. The van der Waals surface area contributed by atoms with Crippen LogP contribution in [0.3, 0.4) is 0 Å². The van der Waals surface area contributed by atoms with Gasteiger partial charge in [0, 0.05) is 10.7 Å². The number of benzene rings is 1. The van der Waals surface area contributed by atoms with Gasteiger partial charge in [-0.05, 0) is 57.1 Å². The summed E-state index contributed by atoms with van der Waals surface area (Å²) in [5.41, 5.74) is 0.705. The van der Waals surface area contributed by atoms with Crippen LogP contribution in [0.1, 0.15) is 19.8 Å². The zero-order chi connectivity index (χ0) is 15.4. The Hall–Kier alpha value is -1.59. The molecule has 0 saturated carbocycles. The molecule has 0 radical (unpaired) electrons. The Morgan fingerprint density at radius 3 is 2.38 bits per heavy atom. The van der Waals surface area contributed by atoms with Crippen molar-refractivity contribution in [2.24, 2.45) is 5.92 Å². The Morgan fingerprint density at radius 1 is 1.29 bits per heavy atom. The summed E-state index contributed by atoms with van der Waals surface area (Å²) in [4.78, 5) is 25.2. The molecule has 1 saturated heterocycles. The third-order valence-electron chi connectivity index (χ3n) is 3.92. The van der Waals surface area contributed by atoms with Gasteiger partial charge in [0.25, 0.3) is 0 Å². The number of nitrogens with zero attached hydrogens (tertiary/aromatic N) is 1. The molecule has 114 valence electrons. The van der Waals surface area contributed by atoms with Gasteiger partial charge in [-0.15, -0.1) is 0 Å². The second kappa shape index (κ2) is 6.91. The molecule has 5 nitrogen and oxygen atoms in total. The fourth-order valence-corrected chi connectivity index (χ4v) is 2.61. The van der Waals surface area contributed by atoms with Gasteiger partial charge in [0.15, 0.2) is 0 Å². The van der Waals surface area contributed by atoms with E-state index in [0.29, 0.717) is 36.6 Å². The number of halogens is 1. The van der Waals surface area contributed by atoms with E-state index in [-0.39, 0.29) is 17.9 Å². The SMILES string of the molecule is CC(C(=O)Nc1ccc(Cl)cc1)N1CCC(C(=O)O)CC1. The number of carbonyl (C=O) groups is 2. The fourth-order valence-electron chi connectivity index (χ4n) is 2.48. The molecular formula is C15H19ClN2O3. The van der Waals surface area contributed by atoms with Gasteiger partial charge in [0.05, 0.1) is 12.0 Å². The summed E-state index contributed by atoms with van der Waals surface area (Å²) in [6.45, 7) is 3.10. The number of carbonyl (C=O) groups excluding carboxylic acids is 1. The lowest BCUT2D eigenvalue weighted by molar-refractivity contribution is -0.143. The van der Waals surface area contributed by atoms with E-state index >= 15 is 0 Å². The number of aliphatic carboxylic acids is 1. The molecule has 0 aliphatic carbocycles. The van der Waals surface area contributed by atoms with Crippen molar-refractivity contribution >= 4 is 29.2 Å². The molecule has 1 atom stereocenters. The molecule has 21 heavy (non-hydrogen) atoms. The molecule has 2 N–H and O–H groups in total. The van der Waals surface area contributed by atoms with E-state index in [0.717, 1.165) is 0 Å². The first-order valence-electron chi connectivity index (χ1n) is 7.00. The predicted octanol–water partition coefficient (Wildman–Crippen LogP) is 2.46. The standard InChI is InChI=1S/C15H19ClN2O3/c1-10(18-8-6-11(7-9-18)15(20)21)14(19)17-13-4-2-12(16)3-5-13/h2-5,10-11H,6-9H2,1H3,(H,17,19)(H,20,21). The number of carboxylic acids is 1. The van der Waals surface area contributed by atoms with Gasteiger partial charge in [-0.3, -0.25) is 14.5 Å². The second-order valence-corrected chi connectivity index (χ2v) is 5.76. The Kier molecular flexibility index (Phi) is 5.20. The first kappa shape index (κ1) is 15.8. The van der Waals surface area contributed by atoms with E-state index in [4.69, 9.17) is 16.7 Å². The molecular weight excluding hydrogens is 292 g/mol. The monoisotopic (exact) mass is 310 g/mol. The highest BCUT2D eigenvalue weighted by atomic mass is 35.5. The van der Waals surface area contributed by atoms with E-state index in [1.165, 1.54) is 0 Å². The quantitative estimate of drug-likeness (QED) is 0.896. The maximum atomic E-state index is 12.2. The normalized spacial score (nSPS) is 18.2. The molecule has 1 aliphatic rings. The average molecular weight is 311 g/mol. The molecule has 1 aromatic carbocycles. The molecule has 1 amide bonds. The van der Waals surface area contributed by atoms with E-state index in [2.05, 4.69) is 5.32 Å². The molecule has 1 unspecified atom stereocenters. The third kappa shape index (κ3) is 4.19. The van der Waals surface area contributed by atoms with Crippen LogP contribution in [0.25, 0.3) is 0 Å². The third-order valence-corrected chi connectivity index (χ3v) is 4.17. The van der Waals surface area contributed by atoms with Gasteiger partial charge in [0.1, 0.15) is 0 Å². The average Bonchev–Trinajstić information content (AvgIpc) is 2.49. The van der Waals surface area contributed by atoms with Crippen LogP contribution in [0, 0.1) is 5.92 Å². The number of nitrogens with one attached hydrogen (secondary N) is 1. The highest BCUT2D eigenvalue weighted by Gasteiger charge is 2.29. The van der Waals surface area contributed by atoms with Gasteiger partial charge < -0.3 is 10.4 Å². The zero-order valence-corrected chi connectivity index (χ0v) is 12.6. The Morgan fingerprint density at radius 2 is 1.86 bits per heavy atom. The summed E-state index contributed by atoms with van der Waals surface area (Å²) in [5.74, 6) is -1.12. The van der Waals surface area contributed by atoms with Crippen LogP contribution < -0.4 is 5.32 Å². The van der Waals surface area contributed by atoms with Gasteiger partial charge >= 0.3 is 5.97 Å². The molecule has 0 bridgehead atoms. The lowest BCUT2D eigenvalue weighted by Gasteiger charge is -2.33. The lowest BCUT2D eigenvalue weighted by Crippen LogP contribution is -2.46. The van der Waals surface area contributed by atoms with Crippen molar-refractivity contribution in [2.75, 3.05) is 18.4 Å². The summed E-state index contributed by atoms with van der Waals surface area (Å²) in [6, 6.07) is 6.67. The van der Waals surface area contributed by atoms with Gasteiger partial charge in [-0.25, -0.2) is 0 Å². The minimum atomic E-state index is -0.743. The summed E-state index contributed by atoms with van der Waals surface area (Å²) >= 11 is 5.80. The summed E-state index contributed by atoms with van der Waals surface area (Å²) in [6.07, 6.45) is 1.18. The lowest BCUT2D eigenvalue weighted by atomic mass is 9.96. The summed E-state index contributed by atoms with van der Waals surface area (Å²) < 4.78 is 0.